The van der Waals surface area contributed by atoms with E-state index in [0.29, 0.717) is 0 Å². The summed E-state index contributed by atoms with van der Waals surface area (Å²) in [4.78, 5) is 4.59. The van der Waals surface area contributed by atoms with E-state index in [1.54, 1.807) is 14.2 Å². The Labute approximate surface area is 150 Å². The van der Waals surface area contributed by atoms with E-state index < -0.39 is 0 Å². The van der Waals surface area contributed by atoms with Crippen LogP contribution in [0, 0.1) is 5.92 Å². The Kier molecular flexibility index (Phi) is 5.97. The molecule has 2 aromatic rings. The van der Waals surface area contributed by atoms with E-state index in [2.05, 4.69) is 27.0 Å². The molecule has 5 nitrogen and oxygen atoms in total. The Balaban J connectivity index is 1.87. The van der Waals surface area contributed by atoms with Gasteiger partial charge in [-0.1, -0.05) is 19.3 Å². The SMILES string of the molecule is COc1cc(OC)cc(C(NCC2CCCCC2)c2nccn2C)c1. The van der Waals surface area contributed by atoms with Gasteiger partial charge in [-0.3, -0.25) is 0 Å². The fourth-order valence-corrected chi connectivity index (χ4v) is 3.69. The molecule has 0 bridgehead atoms. The number of nitrogens with zero attached hydrogens (tertiary/aromatic N) is 2. The van der Waals surface area contributed by atoms with Gasteiger partial charge in [0.05, 0.1) is 20.3 Å². The first-order valence-corrected chi connectivity index (χ1v) is 9.15. The Morgan fingerprint density at radius 2 is 1.80 bits per heavy atom. The minimum atomic E-state index is 0.0194. The van der Waals surface area contributed by atoms with Crippen molar-refractivity contribution in [3.63, 3.8) is 0 Å². The third-order valence-corrected chi connectivity index (χ3v) is 5.16. The van der Waals surface area contributed by atoms with Crippen molar-refractivity contribution in [3.8, 4) is 11.5 Å². The monoisotopic (exact) mass is 343 g/mol. The summed E-state index contributed by atoms with van der Waals surface area (Å²) in [6.45, 7) is 1.01. The maximum absolute atomic E-state index is 5.45. The van der Waals surface area contributed by atoms with Gasteiger partial charge in [0.2, 0.25) is 0 Å². The summed E-state index contributed by atoms with van der Waals surface area (Å²) >= 11 is 0. The second kappa shape index (κ2) is 8.39. The highest BCUT2D eigenvalue weighted by Crippen LogP contribution is 2.30. The van der Waals surface area contributed by atoms with Gasteiger partial charge < -0.3 is 19.4 Å². The Morgan fingerprint density at radius 1 is 1.12 bits per heavy atom. The molecule has 3 rings (SSSR count). The van der Waals surface area contributed by atoms with E-state index in [1.807, 2.05) is 25.5 Å². The first-order valence-electron chi connectivity index (χ1n) is 9.15. The molecule has 0 aliphatic heterocycles. The topological polar surface area (TPSA) is 48.3 Å². The smallest absolute Gasteiger partial charge is 0.130 e. The minimum absolute atomic E-state index is 0.0194. The van der Waals surface area contributed by atoms with Crippen LogP contribution in [0.3, 0.4) is 0 Å². The molecule has 1 saturated carbocycles. The summed E-state index contributed by atoms with van der Waals surface area (Å²) in [6.07, 6.45) is 10.6. The van der Waals surface area contributed by atoms with Crippen molar-refractivity contribution in [2.45, 2.75) is 38.1 Å². The molecule has 136 valence electrons. The van der Waals surface area contributed by atoms with Crippen LogP contribution in [-0.4, -0.2) is 30.3 Å². The second-order valence-corrected chi connectivity index (χ2v) is 6.89. The van der Waals surface area contributed by atoms with Crippen molar-refractivity contribution in [1.82, 2.24) is 14.9 Å². The fraction of sp³-hybridized carbons (Fsp3) is 0.550. The molecule has 0 saturated heterocycles. The van der Waals surface area contributed by atoms with E-state index in [-0.39, 0.29) is 6.04 Å². The predicted octanol–water partition coefficient (Wildman–Crippen LogP) is 3.70. The van der Waals surface area contributed by atoms with Crippen LogP contribution in [0.15, 0.2) is 30.6 Å². The van der Waals surface area contributed by atoms with Crippen LogP contribution < -0.4 is 14.8 Å². The number of rotatable bonds is 7. The average molecular weight is 343 g/mol. The zero-order valence-corrected chi connectivity index (χ0v) is 15.5. The lowest BCUT2D eigenvalue weighted by Gasteiger charge is -2.26. The molecule has 1 unspecified atom stereocenters. The lowest BCUT2D eigenvalue weighted by Crippen LogP contribution is -2.30. The molecule has 1 heterocycles. The van der Waals surface area contributed by atoms with E-state index in [9.17, 15) is 0 Å². The van der Waals surface area contributed by atoms with Gasteiger partial charge in [-0.05, 0) is 43.0 Å². The number of nitrogens with one attached hydrogen (secondary N) is 1. The van der Waals surface area contributed by atoms with Crippen molar-refractivity contribution >= 4 is 0 Å². The highest BCUT2D eigenvalue weighted by atomic mass is 16.5. The highest BCUT2D eigenvalue weighted by molar-refractivity contribution is 5.41. The zero-order valence-electron chi connectivity index (χ0n) is 15.5. The van der Waals surface area contributed by atoms with Crippen molar-refractivity contribution in [2.24, 2.45) is 13.0 Å². The number of hydrogen-bond donors (Lipinski definition) is 1. The van der Waals surface area contributed by atoms with E-state index in [1.165, 1.54) is 32.1 Å². The molecule has 1 aromatic heterocycles. The van der Waals surface area contributed by atoms with Crippen molar-refractivity contribution in [3.05, 3.63) is 42.0 Å². The van der Waals surface area contributed by atoms with Gasteiger partial charge in [0, 0.05) is 25.5 Å². The summed E-state index contributed by atoms with van der Waals surface area (Å²) in [7, 11) is 5.41. The van der Waals surface area contributed by atoms with Crippen molar-refractivity contribution in [2.75, 3.05) is 20.8 Å². The zero-order chi connectivity index (χ0) is 17.6. The molecule has 1 aliphatic carbocycles. The first kappa shape index (κ1) is 17.8. The molecule has 1 aliphatic rings. The quantitative estimate of drug-likeness (QED) is 0.833. The molecule has 1 fully saturated rings. The number of ether oxygens (including phenoxy) is 2. The first-order chi connectivity index (χ1) is 12.2. The third kappa shape index (κ3) is 4.34. The Morgan fingerprint density at radius 3 is 2.36 bits per heavy atom. The van der Waals surface area contributed by atoms with Gasteiger partial charge in [-0.2, -0.15) is 0 Å². The Hall–Kier alpha value is -2.01. The van der Waals surface area contributed by atoms with E-state index >= 15 is 0 Å². The number of methoxy groups -OCH3 is 2. The summed E-state index contributed by atoms with van der Waals surface area (Å²) < 4.78 is 13.0. The maximum Gasteiger partial charge on any atom is 0.130 e. The molecule has 5 heteroatoms. The molecule has 0 radical (unpaired) electrons. The van der Waals surface area contributed by atoms with Gasteiger partial charge in [0.15, 0.2) is 0 Å². The molecule has 1 aromatic carbocycles. The van der Waals surface area contributed by atoms with Crippen LogP contribution in [0.1, 0.15) is 49.5 Å². The molecule has 1 N–H and O–H groups in total. The minimum Gasteiger partial charge on any atom is -0.497 e. The molecule has 25 heavy (non-hydrogen) atoms. The van der Waals surface area contributed by atoms with Crippen LogP contribution in [-0.2, 0) is 7.05 Å². The maximum atomic E-state index is 5.45. The largest absolute Gasteiger partial charge is 0.497 e. The fourth-order valence-electron chi connectivity index (χ4n) is 3.69. The van der Waals surface area contributed by atoms with Gasteiger partial charge in [-0.15, -0.1) is 0 Å². The second-order valence-electron chi connectivity index (χ2n) is 6.89. The lowest BCUT2D eigenvalue weighted by molar-refractivity contribution is 0.331. The number of aryl methyl sites for hydroxylation is 1. The van der Waals surface area contributed by atoms with Crippen molar-refractivity contribution in [1.29, 1.82) is 0 Å². The standard InChI is InChI=1S/C20H29N3O2/c1-23-10-9-21-20(23)19(22-14-15-7-5-4-6-8-15)16-11-17(24-2)13-18(12-16)25-3/h9-13,15,19,22H,4-8,14H2,1-3H3. The molecule has 1 atom stereocenters. The van der Waals surface area contributed by atoms with Gasteiger partial charge in [0.25, 0.3) is 0 Å². The average Bonchev–Trinajstić information content (AvgIpc) is 3.08. The van der Waals surface area contributed by atoms with Crippen molar-refractivity contribution < 1.29 is 9.47 Å². The lowest BCUT2D eigenvalue weighted by atomic mass is 9.89. The third-order valence-electron chi connectivity index (χ3n) is 5.16. The predicted molar refractivity (Wildman–Crippen MR) is 99.2 cm³/mol. The Bertz CT molecular complexity index is 655. The normalized spacial score (nSPS) is 16.6. The number of aromatic nitrogens is 2. The van der Waals surface area contributed by atoms with Crippen LogP contribution in [0.2, 0.25) is 0 Å². The van der Waals surface area contributed by atoms with Crippen LogP contribution in [0.25, 0.3) is 0 Å². The molecular formula is C20H29N3O2. The van der Waals surface area contributed by atoms with E-state index in [0.717, 1.165) is 35.3 Å². The molecule has 0 spiro atoms. The number of imidazole rings is 1. The van der Waals surface area contributed by atoms with Gasteiger partial charge >= 0.3 is 0 Å². The van der Waals surface area contributed by atoms with Crippen LogP contribution in [0.4, 0.5) is 0 Å². The molecule has 0 amide bonds. The van der Waals surface area contributed by atoms with Gasteiger partial charge in [0.1, 0.15) is 17.3 Å². The molecular weight excluding hydrogens is 314 g/mol. The highest BCUT2D eigenvalue weighted by Gasteiger charge is 2.22. The number of benzene rings is 1. The van der Waals surface area contributed by atoms with Crippen LogP contribution >= 0.6 is 0 Å². The summed E-state index contributed by atoms with van der Waals surface area (Å²) in [5.74, 6) is 3.36. The van der Waals surface area contributed by atoms with Crippen LogP contribution in [0.5, 0.6) is 11.5 Å². The number of hydrogen-bond acceptors (Lipinski definition) is 4. The summed E-state index contributed by atoms with van der Waals surface area (Å²) in [6, 6.07) is 6.05. The summed E-state index contributed by atoms with van der Waals surface area (Å²) in [5.41, 5.74) is 1.11. The van der Waals surface area contributed by atoms with E-state index in [4.69, 9.17) is 9.47 Å². The van der Waals surface area contributed by atoms with Gasteiger partial charge in [-0.25, -0.2) is 4.98 Å². The summed E-state index contributed by atoms with van der Waals surface area (Å²) in [5, 5.41) is 3.76.